The Bertz CT molecular complexity index is 2530. The van der Waals surface area contributed by atoms with E-state index in [0.29, 0.717) is 60.8 Å². The van der Waals surface area contributed by atoms with Crippen molar-refractivity contribution in [2.24, 2.45) is 0 Å². The highest BCUT2D eigenvalue weighted by Gasteiger charge is 2.49. The summed E-state index contributed by atoms with van der Waals surface area (Å²) in [6.07, 6.45) is 6.52. The van der Waals surface area contributed by atoms with E-state index in [1.54, 1.807) is 94.8 Å². The van der Waals surface area contributed by atoms with Crippen molar-refractivity contribution in [1.82, 2.24) is 33.2 Å². The van der Waals surface area contributed by atoms with Gasteiger partial charge in [-0.15, -0.1) is 0 Å². The molecule has 16 heteroatoms. The van der Waals surface area contributed by atoms with E-state index in [0.717, 1.165) is 0 Å². The molecule has 0 amide bonds. The average Bonchev–Trinajstić information content (AvgIpc) is 3.86. The number of hydrogen-bond donors (Lipinski definition) is 0. The molecule has 0 aliphatic carbocycles. The van der Waals surface area contributed by atoms with Crippen LogP contribution in [0.15, 0.2) is 73.4 Å². The molecule has 0 N–H and O–H groups in total. The summed E-state index contributed by atoms with van der Waals surface area (Å²) in [5, 5.41) is 15.9. The second kappa shape index (κ2) is 13.2. The van der Waals surface area contributed by atoms with Gasteiger partial charge in [-0.25, -0.2) is 23.2 Å². The summed E-state index contributed by atoms with van der Waals surface area (Å²) in [4.78, 5) is 37.0. The summed E-state index contributed by atoms with van der Waals surface area (Å²) < 4.78 is 42.1. The van der Waals surface area contributed by atoms with Crippen LogP contribution in [0.5, 0.6) is 5.75 Å². The van der Waals surface area contributed by atoms with Crippen LogP contribution < -0.4 is 4.74 Å². The van der Waals surface area contributed by atoms with Gasteiger partial charge in [-0.1, -0.05) is 11.6 Å². The van der Waals surface area contributed by atoms with Gasteiger partial charge >= 0.3 is 5.97 Å². The molecule has 1 atom stereocenters. The molecule has 14 nitrogen and oxygen atoms in total. The minimum Gasteiger partial charge on any atom is -0.497 e. The number of methoxy groups -OCH3 is 2. The number of ether oxygens (including phenoxy) is 2. The molecule has 4 aromatic heterocycles. The van der Waals surface area contributed by atoms with Gasteiger partial charge in [-0.3, -0.25) is 14.0 Å². The molecule has 5 heterocycles. The highest BCUT2D eigenvalue weighted by atomic mass is 35.5. The van der Waals surface area contributed by atoms with Crippen LogP contribution in [-0.4, -0.2) is 86.5 Å². The molecule has 6 aromatic rings. The summed E-state index contributed by atoms with van der Waals surface area (Å²) in [7, 11) is -0.582. The Morgan fingerprint density at radius 2 is 1.83 bits per heavy atom. The van der Waals surface area contributed by atoms with Gasteiger partial charge in [-0.05, 0) is 62.4 Å². The molecule has 1 unspecified atom stereocenters. The maximum Gasteiger partial charge on any atom is 0.333 e. The zero-order chi connectivity index (χ0) is 36.9. The van der Waals surface area contributed by atoms with Crippen LogP contribution in [-0.2, 0) is 25.1 Å². The van der Waals surface area contributed by atoms with Crippen molar-refractivity contribution >= 4 is 55.4 Å². The molecule has 1 aliphatic heterocycles. The lowest BCUT2D eigenvalue weighted by Gasteiger charge is -2.47. The van der Waals surface area contributed by atoms with Crippen molar-refractivity contribution < 1.29 is 27.5 Å². The van der Waals surface area contributed by atoms with E-state index in [9.17, 15) is 23.3 Å². The van der Waals surface area contributed by atoms with Gasteiger partial charge in [0.25, 0.3) is 5.91 Å². The van der Waals surface area contributed by atoms with Crippen LogP contribution in [0.1, 0.15) is 41.0 Å². The lowest BCUT2D eigenvalue weighted by Crippen LogP contribution is -2.64. The number of nitrogens with zero attached hydrogens (tertiary/aromatic N) is 8. The van der Waals surface area contributed by atoms with Crippen LogP contribution in [0.25, 0.3) is 33.2 Å². The minimum atomic E-state index is -3.42. The quantitative estimate of drug-likeness (QED) is 0.176. The van der Waals surface area contributed by atoms with E-state index in [4.69, 9.17) is 21.1 Å². The normalized spacial score (nSPS) is 14.9. The number of sulfonamides is 1. The molecular weight excluding hydrogens is 708 g/mol. The highest BCUT2D eigenvalue weighted by molar-refractivity contribution is 7.89. The fourth-order valence-corrected chi connectivity index (χ4v) is 8.31. The van der Waals surface area contributed by atoms with Crippen LogP contribution in [0.2, 0.25) is 5.02 Å². The van der Waals surface area contributed by atoms with Crippen molar-refractivity contribution in [3.05, 3.63) is 95.3 Å². The average molecular weight is 741 g/mol. The number of fused-ring (bicyclic) bond motifs is 2. The van der Waals surface area contributed by atoms with Gasteiger partial charge in [0.15, 0.2) is 6.04 Å². The third-order valence-electron chi connectivity index (χ3n) is 9.69. The lowest BCUT2D eigenvalue weighted by atomic mass is 9.89. The van der Waals surface area contributed by atoms with E-state index in [1.807, 2.05) is 0 Å². The minimum absolute atomic E-state index is 0.0330. The fraction of sp³-hybridized carbons (Fsp3) is 0.278. The van der Waals surface area contributed by atoms with Crippen LogP contribution >= 0.6 is 11.6 Å². The summed E-state index contributed by atoms with van der Waals surface area (Å²) in [5.74, 6) is -0.406. The molecule has 2 aromatic carbocycles. The molecule has 0 spiro atoms. The van der Waals surface area contributed by atoms with Gasteiger partial charge in [0.05, 0.1) is 49.9 Å². The third kappa shape index (κ3) is 5.59. The predicted octanol–water partition coefficient (Wildman–Crippen LogP) is 4.95. The summed E-state index contributed by atoms with van der Waals surface area (Å²) in [6, 6.07) is 14.8. The number of benzene rings is 2. The van der Waals surface area contributed by atoms with Gasteiger partial charge in [0.2, 0.25) is 10.0 Å². The number of esters is 1. The van der Waals surface area contributed by atoms with Crippen LogP contribution in [0.3, 0.4) is 0 Å². The molecule has 1 saturated heterocycles. The molecule has 7 rings (SSSR count). The Kier molecular flexibility index (Phi) is 8.85. The Balaban J connectivity index is 1.35. The van der Waals surface area contributed by atoms with Crippen molar-refractivity contribution in [2.75, 3.05) is 33.1 Å². The largest absolute Gasteiger partial charge is 0.497 e. The lowest BCUT2D eigenvalue weighted by molar-refractivity contribution is -0.143. The molecular formula is C36H33ClN8O6S. The zero-order valence-corrected chi connectivity index (χ0v) is 30.2. The van der Waals surface area contributed by atoms with Crippen LogP contribution in [0, 0.1) is 18.3 Å². The maximum atomic E-state index is 14.0. The number of carbonyl (C=O) groups is 2. The molecule has 1 aliphatic rings. The molecule has 0 bridgehead atoms. The first-order chi connectivity index (χ1) is 25.0. The second-order valence-electron chi connectivity index (χ2n) is 12.5. The fourth-order valence-electron chi connectivity index (χ4n) is 6.95. The predicted molar refractivity (Wildman–Crippen MR) is 193 cm³/mol. The summed E-state index contributed by atoms with van der Waals surface area (Å²) >= 11 is 6.11. The summed E-state index contributed by atoms with van der Waals surface area (Å²) in [6.45, 7) is 3.62. The Hall–Kier alpha value is -5.56. The van der Waals surface area contributed by atoms with E-state index in [-0.39, 0.29) is 31.2 Å². The molecule has 0 saturated carbocycles. The van der Waals surface area contributed by atoms with Crippen molar-refractivity contribution in [3.63, 3.8) is 0 Å². The highest BCUT2D eigenvalue weighted by Crippen LogP contribution is 2.40. The first kappa shape index (κ1) is 34.9. The van der Waals surface area contributed by atoms with Crippen molar-refractivity contribution in [1.29, 1.82) is 5.26 Å². The Morgan fingerprint density at radius 3 is 2.50 bits per heavy atom. The monoisotopic (exact) mass is 740 g/mol. The molecule has 1 fully saturated rings. The smallest absolute Gasteiger partial charge is 0.333 e. The van der Waals surface area contributed by atoms with Crippen molar-refractivity contribution in [3.8, 4) is 23.1 Å². The molecule has 52 heavy (non-hydrogen) atoms. The maximum absolute atomic E-state index is 14.0. The van der Waals surface area contributed by atoms with Gasteiger partial charge < -0.3 is 14.0 Å². The van der Waals surface area contributed by atoms with Crippen molar-refractivity contribution in [2.45, 2.75) is 31.8 Å². The zero-order valence-electron chi connectivity index (χ0n) is 28.6. The number of rotatable bonds is 10. The number of halogens is 1. The van der Waals surface area contributed by atoms with E-state index >= 15 is 0 Å². The number of carbonyl (C=O) groups excluding carboxylic acids is 2. The SMILES string of the molecule is CCS(=O)(=O)N1CC(CC#N)(n2cc(-c3ncnc4c3ccn4C(C(=O)OC)c3c(C)n(C(=O)c4ccc(Cl)cc4)c4ccc(OC)cc34)cn2)C1. The van der Waals surface area contributed by atoms with Crippen LogP contribution in [0.4, 0.5) is 0 Å². The number of nitriles is 1. The van der Waals surface area contributed by atoms with Gasteiger partial charge in [0, 0.05) is 63.7 Å². The second-order valence-corrected chi connectivity index (χ2v) is 15.2. The molecule has 266 valence electrons. The van der Waals surface area contributed by atoms with E-state index in [2.05, 4.69) is 21.1 Å². The van der Waals surface area contributed by atoms with Gasteiger partial charge in [-0.2, -0.15) is 14.7 Å². The number of hydrogen-bond acceptors (Lipinski definition) is 10. The molecule has 0 radical (unpaired) electrons. The topological polar surface area (TPSA) is 167 Å². The third-order valence-corrected chi connectivity index (χ3v) is 11.7. The standard InChI is InChI=1S/C36H33ClN8O6S/c1-5-52(48,49)42-19-36(20-42,13-14-38)44-18-24(17-41-44)31-27-12-15-43(33(27)40-21-39-31)32(35(47)51-4)30-22(2)45(29-11-10-26(50-3)16-28(29)30)34(46)23-6-8-25(37)9-7-23/h6-12,15-18,21,32H,5,13,19-20H2,1-4H3. The first-order valence-corrected chi connectivity index (χ1v) is 18.2. The Labute approximate surface area is 303 Å². The Morgan fingerprint density at radius 1 is 1.08 bits per heavy atom. The first-order valence-electron chi connectivity index (χ1n) is 16.3. The summed E-state index contributed by atoms with van der Waals surface area (Å²) in [5.41, 5.74) is 2.72. The van der Waals surface area contributed by atoms with E-state index < -0.39 is 27.6 Å². The van der Waals surface area contributed by atoms with Gasteiger partial charge in [0.1, 0.15) is 23.3 Å². The van der Waals surface area contributed by atoms with E-state index in [1.165, 1.54) is 24.9 Å². The number of aromatic nitrogens is 6.